The normalized spacial score (nSPS) is 19.8. The van der Waals surface area contributed by atoms with Gasteiger partial charge in [0, 0.05) is 22.6 Å². The summed E-state index contributed by atoms with van der Waals surface area (Å²) in [6.45, 7) is 0. The van der Waals surface area contributed by atoms with Crippen LogP contribution in [0.1, 0.15) is 40.7 Å². The fourth-order valence-electron chi connectivity index (χ4n) is 4.73. The Morgan fingerprint density at radius 1 is 1.00 bits per heavy atom. The zero-order valence-corrected chi connectivity index (χ0v) is 18.7. The molecule has 0 spiro atoms. The first-order chi connectivity index (χ1) is 15.5. The van der Waals surface area contributed by atoms with Gasteiger partial charge in [-0.25, -0.2) is 0 Å². The molecular formula is C23H23N3O5S. The number of hydrogen-bond acceptors (Lipinski definition) is 7. The number of rotatable bonds is 5. The molecule has 0 unspecified atom stereocenters. The van der Waals surface area contributed by atoms with Gasteiger partial charge in [-0.15, -0.1) is 11.3 Å². The van der Waals surface area contributed by atoms with E-state index in [-0.39, 0.29) is 23.2 Å². The number of allylic oxidation sites excluding steroid dienone is 2. The third-order valence-electron chi connectivity index (χ3n) is 6.16. The molecule has 0 saturated carbocycles. The van der Waals surface area contributed by atoms with Gasteiger partial charge in [0.15, 0.2) is 17.3 Å². The Bertz CT molecular complexity index is 1250. The van der Waals surface area contributed by atoms with Crippen LogP contribution >= 0.6 is 11.3 Å². The van der Waals surface area contributed by atoms with Crippen molar-refractivity contribution in [3.8, 4) is 17.2 Å². The predicted molar refractivity (Wildman–Crippen MR) is 121 cm³/mol. The average Bonchev–Trinajstić information content (AvgIpc) is 3.47. The van der Waals surface area contributed by atoms with Gasteiger partial charge in [0.1, 0.15) is 5.82 Å². The number of aromatic amines is 2. The minimum atomic E-state index is -0.371. The molecule has 0 radical (unpaired) electrons. The topological polar surface area (TPSA) is 105 Å². The molecule has 0 bridgehead atoms. The van der Waals surface area contributed by atoms with Crippen LogP contribution in [0.15, 0.2) is 45.7 Å². The summed E-state index contributed by atoms with van der Waals surface area (Å²) < 4.78 is 16.4. The predicted octanol–water partition coefficient (Wildman–Crippen LogP) is 3.75. The monoisotopic (exact) mass is 453 g/mol. The number of carbonyl (C=O) groups is 1. The highest BCUT2D eigenvalue weighted by molar-refractivity contribution is 7.10. The van der Waals surface area contributed by atoms with Crippen LogP contribution in [0.2, 0.25) is 0 Å². The summed E-state index contributed by atoms with van der Waals surface area (Å²) in [7, 11) is 4.71. The number of Topliss-reactive ketones (excluding diaryl/α,β-unsaturated/α-hetero) is 1. The van der Waals surface area contributed by atoms with E-state index in [4.69, 9.17) is 14.2 Å². The van der Waals surface area contributed by atoms with Crippen LogP contribution in [-0.4, -0.2) is 37.3 Å². The van der Waals surface area contributed by atoms with Gasteiger partial charge in [-0.1, -0.05) is 6.07 Å². The number of hydrogen-bond donors (Lipinski definition) is 3. The van der Waals surface area contributed by atoms with E-state index >= 15 is 0 Å². The Morgan fingerprint density at radius 2 is 1.75 bits per heavy atom. The maximum atomic E-state index is 13.5. The highest BCUT2D eigenvalue weighted by atomic mass is 32.1. The lowest BCUT2D eigenvalue weighted by Gasteiger charge is -2.34. The molecule has 8 nitrogen and oxygen atoms in total. The SMILES string of the molecule is COc1cc([C@@H]2CC(=O)C3=C(C2)Nc2[nH][nH]c(=O)c2[C@H]3c2cccs2)cc(OC)c1OC. The molecule has 166 valence electrons. The van der Waals surface area contributed by atoms with E-state index in [9.17, 15) is 9.59 Å². The van der Waals surface area contributed by atoms with Crippen LogP contribution < -0.4 is 25.1 Å². The molecule has 32 heavy (non-hydrogen) atoms. The Morgan fingerprint density at radius 3 is 2.38 bits per heavy atom. The number of benzene rings is 1. The van der Waals surface area contributed by atoms with Gasteiger partial charge in [0.25, 0.3) is 5.56 Å². The van der Waals surface area contributed by atoms with Gasteiger partial charge in [0.2, 0.25) is 5.75 Å². The number of aromatic nitrogens is 2. The lowest BCUT2D eigenvalue weighted by Crippen LogP contribution is -2.31. The largest absolute Gasteiger partial charge is 0.493 e. The summed E-state index contributed by atoms with van der Waals surface area (Å²) in [5.41, 5.74) is 2.79. The number of thiophene rings is 1. The molecular weight excluding hydrogens is 430 g/mol. The van der Waals surface area contributed by atoms with Crippen LogP contribution in [0.5, 0.6) is 17.2 Å². The molecule has 2 aliphatic rings. The zero-order valence-electron chi connectivity index (χ0n) is 17.9. The van der Waals surface area contributed by atoms with Crippen LogP contribution in [0, 0.1) is 0 Å². The summed E-state index contributed by atoms with van der Waals surface area (Å²) in [4.78, 5) is 27.0. The fourth-order valence-corrected chi connectivity index (χ4v) is 5.58. The number of methoxy groups -OCH3 is 3. The van der Waals surface area contributed by atoms with Gasteiger partial charge in [-0.2, -0.15) is 0 Å². The molecule has 2 aromatic heterocycles. The van der Waals surface area contributed by atoms with Crippen LogP contribution in [0.3, 0.4) is 0 Å². The highest BCUT2D eigenvalue weighted by Gasteiger charge is 2.41. The third kappa shape index (κ3) is 3.12. The summed E-state index contributed by atoms with van der Waals surface area (Å²) in [5.74, 6) is 1.83. The van der Waals surface area contributed by atoms with Crippen molar-refractivity contribution in [1.82, 2.24) is 10.2 Å². The first-order valence-corrected chi connectivity index (χ1v) is 11.1. The molecule has 0 fully saturated rings. The molecule has 5 rings (SSSR count). The lowest BCUT2D eigenvalue weighted by molar-refractivity contribution is -0.116. The molecule has 1 aliphatic heterocycles. The molecule has 0 saturated heterocycles. The van der Waals surface area contributed by atoms with E-state index in [1.807, 2.05) is 29.6 Å². The van der Waals surface area contributed by atoms with Crippen molar-refractivity contribution in [2.24, 2.45) is 0 Å². The summed E-state index contributed by atoms with van der Waals surface area (Å²) in [5, 5.41) is 10.9. The number of nitrogens with one attached hydrogen (secondary N) is 3. The van der Waals surface area contributed by atoms with E-state index in [1.165, 1.54) is 0 Å². The average molecular weight is 454 g/mol. The Hall–Kier alpha value is -3.46. The van der Waals surface area contributed by atoms with Crippen molar-refractivity contribution >= 4 is 22.9 Å². The summed E-state index contributed by atoms with van der Waals surface area (Å²) >= 11 is 1.55. The van der Waals surface area contributed by atoms with E-state index in [0.717, 1.165) is 16.1 Å². The number of ether oxygens (including phenoxy) is 3. The van der Waals surface area contributed by atoms with Gasteiger partial charge >= 0.3 is 0 Å². The highest BCUT2D eigenvalue weighted by Crippen LogP contribution is 2.49. The molecule has 0 amide bonds. The molecule has 9 heteroatoms. The lowest BCUT2D eigenvalue weighted by atomic mass is 9.74. The van der Waals surface area contributed by atoms with E-state index < -0.39 is 0 Å². The molecule has 3 heterocycles. The van der Waals surface area contributed by atoms with E-state index in [2.05, 4.69) is 15.5 Å². The Balaban J connectivity index is 1.59. The van der Waals surface area contributed by atoms with Crippen molar-refractivity contribution in [2.45, 2.75) is 24.7 Å². The van der Waals surface area contributed by atoms with Crippen LogP contribution in [0.4, 0.5) is 5.82 Å². The number of fused-ring (bicyclic) bond motifs is 1. The van der Waals surface area contributed by atoms with Crippen LogP contribution in [0.25, 0.3) is 0 Å². The summed E-state index contributed by atoms with van der Waals surface area (Å²) in [6, 6.07) is 7.71. The number of ketones is 1. The molecule has 3 aromatic rings. The molecule has 2 atom stereocenters. The van der Waals surface area contributed by atoms with Crippen LogP contribution in [-0.2, 0) is 4.79 Å². The van der Waals surface area contributed by atoms with Gasteiger partial charge in [-0.3, -0.25) is 19.8 Å². The maximum Gasteiger partial charge on any atom is 0.270 e. The van der Waals surface area contributed by atoms with E-state index in [1.54, 1.807) is 32.7 Å². The van der Waals surface area contributed by atoms with Crippen molar-refractivity contribution in [1.29, 1.82) is 0 Å². The van der Waals surface area contributed by atoms with Crippen molar-refractivity contribution in [3.63, 3.8) is 0 Å². The second-order valence-electron chi connectivity index (χ2n) is 7.82. The summed E-state index contributed by atoms with van der Waals surface area (Å²) in [6.07, 6.45) is 0.951. The first-order valence-electron chi connectivity index (χ1n) is 10.2. The minimum absolute atomic E-state index is 0.0298. The molecule has 1 aromatic carbocycles. The number of H-pyrrole nitrogens is 2. The quantitative estimate of drug-likeness (QED) is 0.543. The standard InChI is InChI=1S/C23H23N3O5S/c1-29-15-9-12(10-16(30-2)21(15)31-3)11-7-13-18(14(27)8-11)19(17-5-4-6-32-17)20-22(24-13)25-26-23(20)28/h4-6,9-11,19H,7-8H2,1-3H3,(H3,24,25,26,28)/t11-,19-/m0/s1. The van der Waals surface area contributed by atoms with E-state index in [0.29, 0.717) is 47.0 Å². The second-order valence-corrected chi connectivity index (χ2v) is 8.80. The Labute approximate surface area is 188 Å². The third-order valence-corrected chi connectivity index (χ3v) is 7.10. The van der Waals surface area contributed by atoms with Gasteiger partial charge in [-0.05, 0) is 41.5 Å². The first kappa shape index (κ1) is 20.4. The number of anilines is 1. The Kier molecular flexibility index (Phi) is 5.05. The van der Waals surface area contributed by atoms with Crippen molar-refractivity contribution in [2.75, 3.05) is 26.6 Å². The number of carbonyl (C=O) groups excluding carboxylic acids is 1. The van der Waals surface area contributed by atoms with Gasteiger partial charge in [0.05, 0.1) is 32.8 Å². The van der Waals surface area contributed by atoms with Crippen molar-refractivity contribution in [3.05, 3.63) is 67.3 Å². The van der Waals surface area contributed by atoms with Gasteiger partial charge < -0.3 is 19.5 Å². The zero-order chi connectivity index (χ0) is 22.4. The maximum absolute atomic E-state index is 13.5. The molecule has 1 aliphatic carbocycles. The second kappa shape index (κ2) is 7.90. The minimum Gasteiger partial charge on any atom is -0.493 e. The van der Waals surface area contributed by atoms with Crippen molar-refractivity contribution < 1.29 is 19.0 Å². The smallest absolute Gasteiger partial charge is 0.270 e. The molecule has 3 N–H and O–H groups in total. The fraction of sp³-hybridized carbons (Fsp3) is 0.304.